The van der Waals surface area contributed by atoms with E-state index in [0.717, 1.165) is 48.1 Å². The number of halogens is 2. The van der Waals surface area contributed by atoms with Gasteiger partial charge in [0.25, 0.3) is 6.43 Å². The Balaban J connectivity index is 0.602. The van der Waals surface area contributed by atoms with Crippen molar-refractivity contribution in [2.45, 2.75) is 116 Å². The van der Waals surface area contributed by atoms with E-state index in [2.05, 4.69) is 54.1 Å². The van der Waals surface area contributed by atoms with Gasteiger partial charge in [-0.05, 0) is 122 Å². The highest BCUT2D eigenvalue weighted by Gasteiger charge is 2.43. The second-order valence-electron chi connectivity index (χ2n) is 23.9. The van der Waals surface area contributed by atoms with E-state index in [9.17, 15) is 28.0 Å². The van der Waals surface area contributed by atoms with Crippen molar-refractivity contribution in [3.63, 3.8) is 0 Å². The smallest absolute Gasteiger partial charge is 0.329 e. The molecule has 0 bridgehead atoms. The molecule has 486 valence electrons. The Hall–Kier alpha value is -7.58. The molecule has 5 atom stereocenters. The zero-order valence-electron chi connectivity index (χ0n) is 52.2. The summed E-state index contributed by atoms with van der Waals surface area (Å²) in [6.45, 7) is 14.0. The lowest BCUT2D eigenvalue weighted by Crippen LogP contribution is -2.62. The second kappa shape index (κ2) is 32.9. The molecule has 0 radical (unpaired) electrons. The van der Waals surface area contributed by atoms with Crippen molar-refractivity contribution >= 4 is 35.3 Å². The number of carbonyl (C=O) groups excluding carboxylic acids is 4. The summed E-state index contributed by atoms with van der Waals surface area (Å²) in [5.41, 5.74) is 5.03. The van der Waals surface area contributed by atoms with Gasteiger partial charge in [0.15, 0.2) is 5.69 Å². The SMILES string of the molecule is CN[C@@H](C)C(=O)N[C@H](C(=O)N1Cc2cc(OCCOCCOCCOCCOCCOCCNCc3ccc(-n4cc(NC(=O)N5C=COC5c5ccnc(NCC6CC6)c5)c(C(F)F)n4)cc3)ccc2C[C@H]1C(=O)N[C@@H]1CCCc2ccccc21)C(C)(C)C. The molecule has 2 aliphatic heterocycles. The zero-order valence-corrected chi connectivity index (χ0v) is 52.2. The van der Waals surface area contributed by atoms with Gasteiger partial charge < -0.3 is 70.0 Å². The Labute approximate surface area is 525 Å². The number of likely N-dealkylation sites (N-methyl/N-ethyl adjacent to an activating group) is 1. The molecule has 4 heterocycles. The minimum atomic E-state index is -2.93. The fraction of sp³-hybridized carbons (Fsp3) is 0.515. The van der Waals surface area contributed by atoms with E-state index in [4.69, 9.17) is 33.2 Å². The highest BCUT2D eigenvalue weighted by atomic mass is 19.3. The van der Waals surface area contributed by atoms with Gasteiger partial charge in [-0.3, -0.25) is 19.3 Å². The number of aryl methyl sites for hydroxylation is 1. The Bertz CT molecular complexity index is 3180. The summed E-state index contributed by atoms with van der Waals surface area (Å²) in [6, 6.07) is 21.8. The van der Waals surface area contributed by atoms with Crippen LogP contribution >= 0.6 is 0 Å². The van der Waals surface area contributed by atoms with Gasteiger partial charge in [0.1, 0.15) is 36.5 Å². The van der Waals surface area contributed by atoms with Crippen LogP contribution in [0, 0.1) is 11.3 Å². The van der Waals surface area contributed by atoms with Gasteiger partial charge in [0.2, 0.25) is 23.9 Å². The number of amides is 5. The predicted molar refractivity (Wildman–Crippen MR) is 334 cm³/mol. The number of alkyl halides is 2. The van der Waals surface area contributed by atoms with Gasteiger partial charge in [0, 0.05) is 50.6 Å². The Kier molecular flexibility index (Phi) is 24.5. The van der Waals surface area contributed by atoms with E-state index >= 15 is 0 Å². The van der Waals surface area contributed by atoms with Crippen molar-refractivity contribution in [2.75, 3.05) is 103 Å². The van der Waals surface area contributed by atoms with Crippen LogP contribution in [0.4, 0.5) is 25.1 Å². The maximum absolute atomic E-state index is 14.7. The molecular formula is C66H87F2N11O11. The van der Waals surface area contributed by atoms with Crippen LogP contribution in [0.3, 0.4) is 0 Å². The van der Waals surface area contributed by atoms with Gasteiger partial charge >= 0.3 is 6.03 Å². The molecule has 5 aromatic rings. The lowest BCUT2D eigenvalue weighted by molar-refractivity contribution is -0.147. The van der Waals surface area contributed by atoms with Crippen LogP contribution in [0.1, 0.15) is 111 Å². The Morgan fingerprint density at radius 2 is 1.50 bits per heavy atom. The number of fused-ring (bicyclic) bond motifs is 2. The lowest BCUT2D eigenvalue weighted by atomic mass is 9.83. The topological polar surface area (TPSA) is 242 Å². The van der Waals surface area contributed by atoms with E-state index < -0.39 is 47.9 Å². The molecule has 2 aromatic heterocycles. The number of nitrogens with one attached hydrogen (secondary N) is 6. The molecule has 1 saturated carbocycles. The Morgan fingerprint density at radius 1 is 0.800 bits per heavy atom. The summed E-state index contributed by atoms with van der Waals surface area (Å²) >= 11 is 0. The fourth-order valence-electron chi connectivity index (χ4n) is 10.8. The van der Waals surface area contributed by atoms with Crippen molar-refractivity contribution in [1.29, 1.82) is 0 Å². The fourth-order valence-corrected chi connectivity index (χ4v) is 10.8. The molecule has 22 nitrogen and oxygen atoms in total. The van der Waals surface area contributed by atoms with Crippen molar-refractivity contribution in [3.05, 3.63) is 143 Å². The van der Waals surface area contributed by atoms with Crippen LogP contribution in [0.25, 0.3) is 5.69 Å². The van der Waals surface area contributed by atoms with Crippen LogP contribution in [-0.4, -0.2) is 159 Å². The summed E-state index contributed by atoms with van der Waals surface area (Å²) in [5, 5.41) is 22.6. The molecule has 24 heteroatoms. The van der Waals surface area contributed by atoms with Crippen LogP contribution in [0.15, 0.2) is 104 Å². The van der Waals surface area contributed by atoms with Crippen LogP contribution in [-0.2, 0) is 68.7 Å². The first-order valence-electron chi connectivity index (χ1n) is 31.2. The van der Waals surface area contributed by atoms with Crippen molar-refractivity contribution in [3.8, 4) is 11.4 Å². The van der Waals surface area contributed by atoms with Gasteiger partial charge in [-0.2, -0.15) is 5.10 Å². The minimum absolute atomic E-state index is 0.115. The van der Waals surface area contributed by atoms with E-state index in [1.54, 1.807) is 43.3 Å². The number of carbonyl (C=O) groups is 4. The number of rotatable bonds is 34. The molecule has 0 saturated heterocycles. The number of pyridine rings is 1. The van der Waals surface area contributed by atoms with E-state index in [-0.39, 0.29) is 36.0 Å². The zero-order chi connectivity index (χ0) is 63.4. The van der Waals surface area contributed by atoms with E-state index in [1.165, 1.54) is 46.6 Å². The summed E-state index contributed by atoms with van der Waals surface area (Å²) in [4.78, 5) is 63.0. The normalized spacial score (nSPS) is 17.7. The first kappa shape index (κ1) is 66.8. The Morgan fingerprint density at radius 3 is 2.19 bits per heavy atom. The molecule has 1 fully saturated rings. The summed E-state index contributed by atoms with van der Waals surface area (Å²) in [5.74, 6) is 1.10. The highest BCUT2D eigenvalue weighted by molar-refractivity contribution is 5.94. The van der Waals surface area contributed by atoms with Gasteiger partial charge in [-0.1, -0.05) is 63.2 Å². The van der Waals surface area contributed by atoms with Crippen molar-refractivity contribution in [1.82, 2.24) is 45.8 Å². The van der Waals surface area contributed by atoms with Crippen molar-refractivity contribution in [2.24, 2.45) is 11.3 Å². The van der Waals surface area contributed by atoms with Crippen molar-refractivity contribution < 1.29 is 61.1 Å². The van der Waals surface area contributed by atoms with Crippen LogP contribution in [0.5, 0.6) is 5.75 Å². The molecule has 6 N–H and O–H groups in total. The van der Waals surface area contributed by atoms with Gasteiger partial charge in [0.05, 0.1) is 95.7 Å². The quantitative estimate of drug-likeness (QED) is 0.0215. The monoisotopic (exact) mass is 1250 g/mol. The number of ether oxygens (including phenoxy) is 7. The summed E-state index contributed by atoms with van der Waals surface area (Å²) < 4.78 is 69.9. The minimum Gasteiger partial charge on any atom is -0.491 e. The molecule has 5 amide bonds. The molecule has 1 unspecified atom stereocenters. The van der Waals surface area contributed by atoms with Gasteiger partial charge in [-0.15, -0.1) is 0 Å². The highest BCUT2D eigenvalue weighted by Crippen LogP contribution is 2.36. The third-order valence-electron chi connectivity index (χ3n) is 16.2. The van der Waals surface area contributed by atoms with Crippen LogP contribution in [0.2, 0.25) is 0 Å². The van der Waals surface area contributed by atoms with Gasteiger partial charge in [-0.25, -0.2) is 23.2 Å². The largest absolute Gasteiger partial charge is 0.491 e. The number of hydrogen-bond acceptors (Lipinski definition) is 16. The average molecular weight is 1250 g/mol. The first-order valence-corrected chi connectivity index (χ1v) is 31.2. The van der Waals surface area contributed by atoms with E-state index in [0.29, 0.717) is 121 Å². The van der Waals surface area contributed by atoms with Crippen LogP contribution < -0.4 is 36.6 Å². The average Bonchev–Trinajstić information content (AvgIpc) is 0.937. The molecule has 4 aliphatic rings. The number of nitrogens with zero attached hydrogens (tertiary/aromatic N) is 5. The molecular weight excluding hydrogens is 1160 g/mol. The third kappa shape index (κ3) is 19.0. The second-order valence-corrected chi connectivity index (χ2v) is 23.9. The third-order valence-corrected chi connectivity index (χ3v) is 16.2. The van der Waals surface area contributed by atoms with E-state index in [1.807, 2.05) is 69.3 Å². The number of hydrogen-bond donors (Lipinski definition) is 6. The predicted octanol–water partition coefficient (Wildman–Crippen LogP) is 7.90. The lowest BCUT2D eigenvalue weighted by Gasteiger charge is -2.41. The molecule has 0 spiro atoms. The number of urea groups is 1. The number of aromatic nitrogens is 3. The molecule has 2 aliphatic carbocycles. The summed E-state index contributed by atoms with van der Waals surface area (Å²) in [7, 11) is 1.69. The molecule has 3 aromatic carbocycles. The molecule has 9 rings (SSSR count). The maximum Gasteiger partial charge on any atom is 0.329 e. The number of benzene rings is 3. The standard InChI is InChI=1S/C66H87F2N11O11/c1-44(69-5)61(80)75-59(66(2,3)4)63(82)78-42-50-37-52(20-17-48(50)38-56(78)62(81)73-54-12-8-10-47-9-6-7-11-53(47)54)89-36-35-88-34-33-87-32-31-86-30-29-85-28-27-84-25-23-70-40-45-15-18-51(19-16-45)79-43-55(58(76-79)60(67)68)74-65(83)77-24-26-90-64(77)49-21-22-71-57(39-49)72-41-46-13-14-46/h6-7,9,11,15-22,24,26,37,39,43-44,46,54,56,59-60,64,69-70H,8,10,12-14,23,25,27-36,38,40-42H2,1-5H3,(H,71,72)(H,73,81)(H,74,83)(H,75,80)/t44-,54+,56-,59+,64?/m0/s1. The maximum atomic E-state index is 14.7. The first-order chi connectivity index (χ1) is 43.6. The summed E-state index contributed by atoms with van der Waals surface area (Å²) in [6.07, 6.45) is 7.54. The number of anilines is 2. The molecule has 90 heavy (non-hydrogen) atoms.